The Kier molecular flexibility index (Phi) is 5.59. The van der Waals surface area contributed by atoms with Gasteiger partial charge in [-0.15, -0.1) is 0 Å². The summed E-state index contributed by atoms with van der Waals surface area (Å²) >= 11 is 0. The summed E-state index contributed by atoms with van der Waals surface area (Å²) in [6, 6.07) is 18.8. The Labute approximate surface area is 164 Å². The van der Waals surface area contributed by atoms with E-state index in [1.165, 1.54) is 0 Å². The Hall–Kier alpha value is -3.41. The number of rotatable bonds is 5. The highest BCUT2D eigenvalue weighted by atomic mass is 16.5. The average Bonchev–Trinajstić information content (AvgIpc) is 3.21. The molecular weight excluding hydrogens is 352 g/mol. The molecule has 1 aromatic heterocycles. The second-order valence-electron chi connectivity index (χ2n) is 6.92. The quantitative estimate of drug-likeness (QED) is 0.402. The van der Waals surface area contributed by atoms with Crippen molar-refractivity contribution in [1.29, 1.82) is 0 Å². The van der Waals surface area contributed by atoms with E-state index in [1.807, 2.05) is 74.5 Å². The van der Waals surface area contributed by atoms with Crippen LogP contribution in [0.25, 0.3) is 0 Å². The molecule has 0 aliphatic carbocycles. The van der Waals surface area contributed by atoms with Gasteiger partial charge in [-0.3, -0.25) is 15.1 Å². The first kappa shape index (κ1) is 19.4. The fraction of sp³-hybridized carbons (Fsp3) is 0.227. The summed E-state index contributed by atoms with van der Waals surface area (Å²) in [6.45, 7) is 4.10. The molecule has 0 amide bonds. The van der Waals surface area contributed by atoms with E-state index in [1.54, 1.807) is 14.1 Å². The molecule has 0 saturated carbocycles. The van der Waals surface area contributed by atoms with E-state index < -0.39 is 5.41 Å². The molecule has 0 bridgehead atoms. The molecule has 6 heteroatoms. The number of nitrogens with one attached hydrogen (secondary N) is 2. The van der Waals surface area contributed by atoms with Gasteiger partial charge in [0.2, 0.25) is 5.88 Å². The van der Waals surface area contributed by atoms with Crippen LogP contribution in [0, 0.1) is 0 Å². The molecule has 0 spiro atoms. The maximum atomic E-state index is 12.8. The topological polar surface area (TPSA) is 79.5 Å². The Bertz CT molecular complexity index is 991. The predicted molar refractivity (Wildman–Crippen MR) is 111 cm³/mol. The van der Waals surface area contributed by atoms with Crippen molar-refractivity contribution < 1.29 is 9.32 Å². The number of aromatic nitrogens is 1. The predicted octanol–water partition coefficient (Wildman–Crippen LogP) is 3.85. The minimum atomic E-state index is -0.445. The van der Waals surface area contributed by atoms with E-state index in [0.29, 0.717) is 23.0 Å². The first-order valence-electron chi connectivity index (χ1n) is 9.04. The Morgan fingerprint density at radius 3 is 2.43 bits per heavy atom. The highest BCUT2D eigenvalue weighted by Gasteiger charge is 2.28. The number of benzene rings is 2. The molecular formula is C22H24N4O2. The van der Waals surface area contributed by atoms with Crippen molar-refractivity contribution in [2.75, 3.05) is 19.4 Å². The van der Waals surface area contributed by atoms with Crippen LogP contribution in [0.4, 0.5) is 5.88 Å². The van der Waals surface area contributed by atoms with Crippen LogP contribution in [0.2, 0.25) is 0 Å². The van der Waals surface area contributed by atoms with Gasteiger partial charge in [0.25, 0.3) is 0 Å². The molecule has 0 aliphatic rings. The summed E-state index contributed by atoms with van der Waals surface area (Å²) in [6.07, 6.45) is 0. The molecule has 2 aromatic carbocycles. The normalized spacial score (nSPS) is 11.9. The summed E-state index contributed by atoms with van der Waals surface area (Å²) in [7, 11) is 3.45. The average molecular weight is 376 g/mol. The zero-order valence-corrected chi connectivity index (χ0v) is 16.5. The first-order chi connectivity index (χ1) is 13.5. The molecule has 2 N–H and O–H groups in total. The standard InChI is InChI=1S/C22H24N4O2/c1-22(2,18-14-19(28-26-18)25-21(23-3)24-4)17-12-8-11-16(13-17)20(27)15-9-6-5-7-10-15/h5-14H,1-4H3,(H2,23,24,25). The Balaban J connectivity index is 1.88. The first-order valence-corrected chi connectivity index (χ1v) is 9.04. The summed E-state index contributed by atoms with van der Waals surface area (Å²) in [4.78, 5) is 16.8. The van der Waals surface area contributed by atoms with Crippen LogP contribution < -0.4 is 10.6 Å². The van der Waals surface area contributed by atoms with Crippen molar-refractivity contribution in [3.8, 4) is 0 Å². The number of anilines is 1. The largest absolute Gasteiger partial charge is 0.359 e. The van der Waals surface area contributed by atoms with Gasteiger partial charge in [-0.1, -0.05) is 67.5 Å². The molecule has 0 radical (unpaired) electrons. The van der Waals surface area contributed by atoms with Crippen LogP contribution in [0.3, 0.4) is 0 Å². The molecule has 28 heavy (non-hydrogen) atoms. The fourth-order valence-corrected chi connectivity index (χ4v) is 2.93. The molecule has 0 atom stereocenters. The molecule has 6 nitrogen and oxygen atoms in total. The van der Waals surface area contributed by atoms with Crippen molar-refractivity contribution in [3.05, 3.63) is 83.0 Å². The number of carbonyl (C=O) groups excluding carboxylic acids is 1. The molecule has 0 fully saturated rings. The van der Waals surface area contributed by atoms with Gasteiger partial charge in [0.05, 0.1) is 5.69 Å². The zero-order chi connectivity index (χ0) is 20.1. The van der Waals surface area contributed by atoms with Crippen LogP contribution in [-0.4, -0.2) is 31.0 Å². The van der Waals surface area contributed by atoms with E-state index in [4.69, 9.17) is 4.52 Å². The lowest BCUT2D eigenvalue weighted by Crippen LogP contribution is -2.26. The van der Waals surface area contributed by atoms with Gasteiger partial charge in [-0.25, -0.2) is 0 Å². The summed E-state index contributed by atoms with van der Waals surface area (Å²) < 4.78 is 5.40. The summed E-state index contributed by atoms with van der Waals surface area (Å²) in [5, 5.41) is 10.2. The summed E-state index contributed by atoms with van der Waals surface area (Å²) in [5.41, 5.74) is 2.61. The van der Waals surface area contributed by atoms with Crippen molar-refractivity contribution in [3.63, 3.8) is 0 Å². The lowest BCUT2D eigenvalue weighted by molar-refractivity contribution is 0.103. The van der Waals surface area contributed by atoms with Gasteiger partial charge in [0.15, 0.2) is 11.7 Å². The number of ketones is 1. The molecule has 0 aliphatic heterocycles. The lowest BCUT2D eigenvalue weighted by atomic mass is 9.80. The van der Waals surface area contributed by atoms with Gasteiger partial charge >= 0.3 is 0 Å². The smallest absolute Gasteiger partial charge is 0.231 e. The van der Waals surface area contributed by atoms with Crippen LogP contribution >= 0.6 is 0 Å². The second kappa shape index (κ2) is 8.08. The SMILES string of the molecule is CN=C(NC)Nc1cc(C(C)(C)c2cccc(C(=O)c3ccccc3)c2)no1. The number of hydrogen-bond acceptors (Lipinski definition) is 4. The third-order valence-corrected chi connectivity index (χ3v) is 4.73. The number of carbonyl (C=O) groups is 1. The van der Waals surface area contributed by atoms with E-state index in [-0.39, 0.29) is 5.78 Å². The summed E-state index contributed by atoms with van der Waals surface area (Å²) in [5.74, 6) is 1.07. The second-order valence-corrected chi connectivity index (χ2v) is 6.92. The van der Waals surface area contributed by atoms with Crippen molar-refractivity contribution >= 4 is 17.6 Å². The maximum Gasteiger partial charge on any atom is 0.231 e. The monoisotopic (exact) mass is 376 g/mol. The van der Waals surface area contributed by atoms with Gasteiger partial charge in [0, 0.05) is 36.7 Å². The van der Waals surface area contributed by atoms with Crippen molar-refractivity contribution in [2.24, 2.45) is 4.99 Å². The third-order valence-electron chi connectivity index (χ3n) is 4.73. The molecule has 0 saturated heterocycles. The molecule has 3 rings (SSSR count). The van der Waals surface area contributed by atoms with E-state index in [2.05, 4.69) is 20.8 Å². The van der Waals surface area contributed by atoms with Crippen LogP contribution in [0.1, 0.15) is 41.0 Å². The number of nitrogens with zero attached hydrogens (tertiary/aromatic N) is 2. The molecule has 144 valence electrons. The van der Waals surface area contributed by atoms with Crippen LogP contribution in [0.5, 0.6) is 0 Å². The van der Waals surface area contributed by atoms with Gasteiger partial charge in [-0.05, 0) is 11.6 Å². The van der Waals surface area contributed by atoms with E-state index in [9.17, 15) is 4.79 Å². The van der Waals surface area contributed by atoms with Gasteiger partial charge in [-0.2, -0.15) is 0 Å². The van der Waals surface area contributed by atoms with E-state index in [0.717, 1.165) is 11.3 Å². The fourth-order valence-electron chi connectivity index (χ4n) is 2.93. The van der Waals surface area contributed by atoms with E-state index >= 15 is 0 Å². The molecule has 1 heterocycles. The third kappa shape index (κ3) is 3.96. The lowest BCUT2D eigenvalue weighted by Gasteiger charge is -2.22. The highest BCUT2D eigenvalue weighted by Crippen LogP contribution is 2.32. The van der Waals surface area contributed by atoms with Crippen LogP contribution in [0.15, 0.2) is 70.2 Å². The minimum absolute atomic E-state index is 0.00132. The molecule has 3 aromatic rings. The number of guanidine groups is 1. The Morgan fingerprint density at radius 1 is 1.04 bits per heavy atom. The Morgan fingerprint density at radius 2 is 1.75 bits per heavy atom. The number of hydrogen-bond donors (Lipinski definition) is 2. The van der Waals surface area contributed by atoms with Crippen molar-refractivity contribution in [1.82, 2.24) is 10.5 Å². The highest BCUT2D eigenvalue weighted by molar-refractivity contribution is 6.09. The minimum Gasteiger partial charge on any atom is -0.359 e. The van der Waals surface area contributed by atoms with Crippen molar-refractivity contribution in [2.45, 2.75) is 19.3 Å². The van der Waals surface area contributed by atoms with Crippen LogP contribution in [-0.2, 0) is 5.41 Å². The van der Waals surface area contributed by atoms with Gasteiger partial charge < -0.3 is 9.84 Å². The zero-order valence-electron chi connectivity index (χ0n) is 16.5. The molecule has 0 unspecified atom stereocenters. The maximum absolute atomic E-state index is 12.8. The van der Waals surface area contributed by atoms with Gasteiger partial charge in [0.1, 0.15) is 0 Å². The number of aliphatic imine (C=N–C) groups is 1.